The summed E-state index contributed by atoms with van der Waals surface area (Å²) in [4.78, 5) is 0. The summed E-state index contributed by atoms with van der Waals surface area (Å²) < 4.78 is 21.4. The van der Waals surface area contributed by atoms with E-state index in [-0.39, 0.29) is 0 Å². The summed E-state index contributed by atoms with van der Waals surface area (Å²) in [7, 11) is 0. The van der Waals surface area contributed by atoms with Crippen LogP contribution in [0.1, 0.15) is 5.56 Å². The van der Waals surface area contributed by atoms with Gasteiger partial charge >= 0.3 is 0 Å². The molecule has 2 nitrogen and oxygen atoms in total. The molecule has 1 N–H and O–H groups in total. The second-order valence-electron chi connectivity index (χ2n) is 2.88. The molecule has 0 bridgehead atoms. The molecule has 0 aliphatic heterocycles. The van der Waals surface area contributed by atoms with Crippen molar-refractivity contribution in [2.75, 3.05) is 0 Å². The van der Waals surface area contributed by atoms with Crippen LogP contribution in [0.4, 0.5) is 0 Å². The van der Waals surface area contributed by atoms with Crippen LogP contribution in [0, 0.1) is 6.92 Å². The summed E-state index contributed by atoms with van der Waals surface area (Å²) in [6.07, 6.45) is 0. The second kappa shape index (κ2) is 3.62. The van der Waals surface area contributed by atoms with Crippen molar-refractivity contribution in [3.8, 4) is 0 Å². The van der Waals surface area contributed by atoms with E-state index in [0.717, 1.165) is 15.6 Å². The highest BCUT2D eigenvalue weighted by atomic mass is 35.5. The number of aryl methyl sites for hydroxylation is 1. The summed E-state index contributed by atoms with van der Waals surface area (Å²) in [5, 5.41) is 1.52. The molecule has 0 saturated carbocycles. The molecule has 0 aliphatic rings. The largest absolute Gasteiger partial charge is 0.302 e. The van der Waals surface area contributed by atoms with Gasteiger partial charge < -0.3 is 4.55 Å². The Morgan fingerprint density at radius 1 is 1.50 bits per heavy atom. The van der Waals surface area contributed by atoms with Crippen LogP contribution in [0.25, 0.3) is 10.1 Å². The van der Waals surface area contributed by atoms with E-state index in [1.807, 2.05) is 19.1 Å². The molecule has 0 spiro atoms. The minimum absolute atomic E-state index is 0.480. The van der Waals surface area contributed by atoms with Crippen molar-refractivity contribution in [3.63, 3.8) is 0 Å². The molecule has 0 saturated heterocycles. The SMILES string of the molecule is Cc1c(S(=O)O)sc2cccc(Cl)c12. The van der Waals surface area contributed by atoms with Crippen molar-refractivity contribution in [2.24, 2.45) is 0 Å². The molecule has 0 aliphatic carbocycles. The van der Waals surface area contributed by atoms with Crippen molar-refractivity contribution in [2.45, 2.75) is 11.1 Å². The van der Waals surface area contributed by atoms with Crippen molar-refractivity contribution >= 4 is 44.1 Å². The number of thiophene rings is 1. The zero-order valence-corrected chi connectivity index (χ0v) is 9.67. The van der Waals surface area contributed by atoms with E-state index >= 15 is 0 Å². The Bertz CT molecular complexity index is 519. The van der Waals surface area contributed by atoms with Crippen LogP contribution in [-0.2, 0) is 11.1 Å². The van der Waals surface area contributed by atoms with E-state index in [1.54, 1.807) is 6.07 Å². The van der Waals surface area contributed by atoms with E-state index < -0.39 is 11.1 Å². The highest BCUT2D eigenvalue weighted by Crippen LogP contribution is 2.36. The molecule has 1 atom stereocenters. The third-order valence-corrected chi connectivity index (χ3v) is 4.69. The fraction of sp³-hybridized carbons (Fsp3) is 0.111. The molecule has 1 heterocycles. The van der Waals surface area contributed by atoms with Gasteiger partial charge in [-0.05, 0) is 24.6 Å². The van der Waals surface area contributed by atoms with Gasteiger partial charge in [-0.15, -0.1) is 11.3 Å². The van der Waals surface area contributed by atoms with Gasteiger partial charge in [0.25, 0.3) is 0 Å². The highest BCUT2D eigenvalue weighted by molar-refractivity contribution is 7.82. The molecule has 14 heavy (non-hydrogen) atoms. The second-order valence-corrected chi connectivity index (χ2v) is 5.50. The van der Waals surface area contributed by atoms with Crippen LogP contribution in [0.3, 0.4) is 0 Å². The molecule has 1 aromatic carbocycles. The molecular formula is C9H7ClO2S2. The standard InChI is InChI=1S/C9H7ClO2S2/c1-5-8-6(10)3-2-4-7(8)13-9(5)14(11)12/h2-4H,1H3,(H,11,12). The first kappa shape index (κ1) is 10.1. The Kier molecular flexibility index (Phi) is 2.62. The topological polar surface area (TPSA) is 37.3 Å². The lowest BCUT2D eigenvalue weighted by Crippen LogP contribution is -1.85. The molecule has 0 radical (unpaired) electrons. The molecule has 5 heteroatoms. The molecule has 2 aromatic rings. The average Bonchev–Trinajstić information content (AvgIpc) is 2.45. The minimum atomic E-state index is -1.92. The third-order valence-electron chi connectivity index (χ3n) is 2.02. The summed E-state index contributed by atoms with van der Waals surface area (Å²) in [6, 6.07) is 5.52. The van der Waals surface area contributed by atoms with Crippen LogP contribution in [0.15, 0.2) is 22.4 Å². The maximum Gasteiger partial charge on any atom is 0.197 e. The van der Waals surface area contributed by atoms with Gasteiger partial charge in [0.1, 0.15) is 4.21 Å². The lowest BCUT2D eigenvalue weighted by atomic mass is 10.2. The molecule has 0 amide bonds. The number of fused-ring (bicyclic) bond motifs is 1. The van der Waals surface area contributed by atoms with E-state index in [0.29, 0.717) is 9.23 Å². The maximum atomic E-state index is 11.0. The maximum absolute atomic E-state index is 11.0. The Morgan fingerprint density at radius 3 is 2.79 bits per heavy atom. The normalized spacial score (nSPS) is 13.4. The molecule has 0 fully saturated rings. The lowest BCUT2D eigenvalue weighted by molar-refractivity contribution is 0.566. The van der Waals surface area contributed by atoms with Gasteiger partial charge in [-0.2, -0.15) is 0 Å². The number of benzene rings is 1. The quantitative estimate of drug-likeness (QED) is 0.783. The lowest BCUT2D eigenvalue weighted by Gasteiger charge is -1.94. The molecule has 1 unspecified atom stereocenters. The molecule has 1 aromatic heterocycles. The van der Waals surface area contributed by atoms with Crippen molar-refractivity contribution in [1.82, 2.24) is 0 Å². The first-order valence-corrected chi connectivity index (χ1v) is 6.20. The summed E-state index contributed by atoms with van der Waals surface area (Å²) >= 11 is 5.40. The number of hydrogen-bond donors (Lipinski definition) is 1. The van der Waals surface area contributed by atoms with E-state index in [2.05, 4.69) is 0 Å². The van der Waals surface area contributed by atoms with Gasteiger partial charge in [-0.25, -0.2) is 4.21 Å². The Balaban J connectivity index is 2.87. The smallest absolute Gasteiger partial charge is 0.197 e. The van der Waals surface area contributed by atoms with Gasteiger partial charge in [0, 0.05) is 15.1 Å². The van der Waals surface area contributed by atoms with Crippen molar-refractivity contribution < 1.29 is 8.76 Å². The van der Waals surface area contributed by atoms with Gasteiger partial charge in [0.2, 0.25) is 0 Å². The van der Waals surface area contributed by atoms with E-state index in [4.69, 9.17) is 16.2 Å². The van der Waals surface area contributed by atoms with E-state index in [9.17, 15) is 4.21 Å². The fourth-order valence-corrected chi connectivity index (χ4v) is 3.66. The summed E-state index contributed by atoms with van der Waals surface area (Å²) in [5.74, 6) is 0. The van der Waals surface area contributed by atoms with Crippen LogP contribution < -0.4 is 0 Å². The van der Waals surface area contributed by atoms with Crippen LogP contribution in [0.2, 0.25) is 5.02 Å². The molecule has 74 valence electrons. The van der Waals surface area contributed by atoms with Gasteiger partial charge in [0.15, 0.2) is 11.1 Å². The van der Waals surface area contributed by atoms with Crippen LogP contribution in [-0.4, -0.2) is 8.76 Å². The summed E-state index contributed by atoms with van der Waals surface area (Å²) in [5.41, 5.74) is 0.802. The van der Waals surface area contributed by atoms with Gasteiger partial charge in [0.05, 0.1) is 0 Å². The monoisotopic (exact) mass is 246 g/mol. The fourth-order valence-electron chi connectivity index (χ4n) is 1.40. The van der Waals surface area contributed by atoms with Crippen molar-refractivity contribution in [1.29, 1.82) is 0 Å². The Labute approximate surface area is 92.8 Å². The number of hydrogen-bond acceptors (Lipinski definition) is 2. The molecular weight excluding hydrogens is 240 g/mol. The average molecular weight is 247 g/mol. The van der Waals surface area contributed by atoms with Gasteiger partial charge in [-0.3, -0.25) is 0 Å². The third kappa shape index (κ3) is 1.48. The Morgan fingerprint density at radius 2 is 2.21 bits per heavy atom. The van der Waals surface area contributed by atoms with Crippen LogP contribution >= 0.6 is 22.9 Å². The first-order chi connectivity index (χ1) is 6.61. The van der Waals surface area contributed by atoms with Crippen LogP contribution in [0.5, 0.6) is 0 Å². The summed E-state index contributed by atoms with van der Waals surface area (Å²) in [6.45, 7) is 1.81. The minimum Gasteiger partial charge on any atom is -0.302 e. The molecule has 2 rings (SSSR count). The zero-order chi connectivity index (χ0) is 10.3. The zero-order valence-electron chi connectivity index (χ0n) is 7.28. The number of rotatable bonds is 1. The van der Waals surface area contributed by atoms with Crippen molar-refractivity contribution in [3.05, 3.63) is 28.8 Å². The Hall–Kier alpha value is -0.420. The first-order valence-electron chi connectivity index (χ1n) is 3.89. The van der Waals surface area contributed by atoms with E-state index in [1.165, 1.54) is 11.3 Å². The predicted molar refractivity (Wildman–Crippen MR) is 60.6 cm³/mol. The highest BCUT2D eigenvalue weighted by Gasteiger charge is 2.14. The van der Waals surface area contributed by atoms with Gasteiger partial charge in [-0.1, -0.05) is 17.7 Å². The predicted octanol–water partition coefficient (Wildman–Crippen LogP) is 3.44. The number of halogens is 1.